The second kappa shape index (κ2) is 5.04. The lowest BCUT2D eigenvalue weighted by atomic mass is 9.90. The molecular formula is C11H18ClNO3. The third kappa shape index (κ3) is 2.03. The highest BCUT2D eigenvalue weighted by atomic mass is 35.5. The highest BCUT2D eigenvalue weighted by Gasteiger charge is 2.54. The fourth-order valence-corrected chi connectivity index (χ4v) is 2.22. The molecular weight excluding hydrogens is 230 g/mol. The van der Waals surface area contributed by atoms with E-state index in [1.54, 1.807) is 6.92 Å². The minimum absolute atomic E-state index is 0.158. The highest BCUT2D eigenvalue weighted by Crippen LogP contribution is 2.35. The standard InChI is InChI=1S/C11H18ClNO3/c1-5-11(10(14)15-6-2)9(12)8(7(3)4)13-16-11/h7,9H,5-6H2,1-4H3. The molecule has 4 nitrogen and oxygen atoms in total. The van der Waals surface area contributed by atoms with Gasteiger partial charge in [-0.25, -0.2) is 4.79 Å². The Morgan fingerprint density at radius 3 is 2.62 bits per heavy atom. The number of rotatable bonds is 4. The zero-order valence-corrected chi connectivity index (χ0v) is 10.9. The fraction of sp³-hybridized carbons (Fsp3) is 0.818. The van der Waals surface area contributed by atoms with E-state index < -0.39 is 16.9 Å². The molecule has 1 rings (SSSR count). The molecule has 0 bridgehead atoms. The van der Waals surface area contributed by atoms with Gasteiger partial charge in [0.05, 0.1) is 12.3 Å². The van der Waals surface area contributed by atoms with Crippen molar-refractivity contribution >= 4 is 23.3 Å². The van der Waals surface area contributed by atoms with Crippen molar-refractivity contribution in [3.8, 4) is 0 Å². The number of halogens is 1. The molecule has 0 radical (unpaired) electrons. The lowest BCUT2D eigenvalue weighted by Crippen LogP contribution is -2.49. The second-order valence-electron chi connectivity index (χ2n) is 4.09. The van der Waals surface area contributed by atoms with Crippen LogP contribution < -0.4 is 0 Å². The van der Waals surface area contributed by atoms with E-state index in [1.807, 2.05) is 20.8 Å². The van der Waals surface area contributed by atoms with Gasteiger partial charge < -0.3 is 9.57 Å². The number of ether oxygens (including phenoxy) is 1. The summed E-state index contributed by atoms with van der Waals surface area (Å²) >= 11 is 6.27. The molecule has 0 aliphatic carbocycles. The van der Waals surface area contributed by atoms with Crippen LogP contribution in [0.5, 0.6) is 0 Å². The molecule has 2 atom stereocenters. The maximum absolute atomic E-state index is 11.9. The van der Waals surface area contributed by atoms with E-state index in [-0.39, 0.29) is 5.92 Å². The first-order valence-electron chi connectivity index (χ1n) is 5.56. The predicted octanol–water partition coefficient (Wildman–Crippen LogP) is 2.35. The first kappa shape index (κ1) is 13.3. The van der Waals surface area contributed by atoms with Crippen molar-refractivity contribution in [2.75, 3.05) is 6.61 Å². The molecule has 0 aromatic heterocycles. The first-order chi connectivity index (χ1) is 7.49. The van der Waals surface area contributed by atoms with E-state index in [2.05, 4.69) is 5.16 Å². The Balaban J connectivity index is 2.90. The van der Waals surface area contributed by atoms with Crippen LogP contribution in [0.2, 0.25) is 0 Å². The van der Waals surface area contributed by atoms with E-state index in [0.717, 1.165) is 0 Å². The Kier molecular flexibility index (Phi) is 4.19. The van der Waals surface area contributed by atoms with E-state index in [4.69, 9.17) is 21.2 Å². The van der Waals surface area contributed by atoms with Gasteiger partial charge in [-0.3, -0.25) is 0 Å². The van der Waals surface area contributed by atoms with Crippen molar-refractivity contribution in [2.45, 2.75) is 45.1 Å². The van der Waals surface area contributed by atoms with Crippen molar-refractivity contribution in [3.05, 3.63) is 0 Å². The second-order valence-corrected chi connectivity index (χ2v) is 4.52. The van der Waals surface area contributed by atoms with Crippen LogP contribution in [0.1, 0.15) is 34.1 Å². The number of carbonyl (C=O) groups is 1. The summed E-state index contributed by atoms with van der Waals surface area (Å²) in [5.74, 6) is -0.276. The molecule has 0 amide bonds. The smallest absolute Gasteiger partial charge is 0.355 e. The highest BCUT2D eigenvalue weighted by molar-refractivity contribution is 6.35. The summed E-state index contributed by atoms with van der Waals surface area (Å²) in [7, 11) is 0. The van der Waals surface area contributed by atoms with E-state index in [1.165, 1.54) is 0 Å². The number of carbonyl (C=O) groups excluding carboxylic acids is 1. The zero-order chi connectivity index (χ0) is 12.3. The van der Waals surface area contributed by atoms with Gasteiger partial charge >= 0.3 is 5.97 Å². The van der Waals surface area contributed by atoms with Gasteiger partial charge in [-0.05, 0) is 19.3 Å². The normalized spacial score (nSPS) is 28.9. The lowest BCUT2D eigenvalue weighted by molar-refractivity contribution is -0.168. The maximum Gasteiger partial charge on any atom is 0.355 e. The number of nitrogens with zero attached hydrogens (tertiary/aromatic N) is 1. The molecule has 1 aliphatic heterocycles. The van der Waals surface area contributed by atoms with Crippen molar-refractivity contribution in [1.29, 1.82) is 0 Å². The van der Waals surface area contributed by atoms with Crippen LogP contribution in [0, 0.1) is 5.92 Å². The average Bonchev–Trinajstić information content (AvgIpc) is 2.57. The Bertz CT molecular complexity index is 304. The van der Waals surface area contributed by atoms with Crippen molar-refractivity contribution in [2.24, 2.45) is 11.1 Å². The Morgan fingerprint density at radius 1 is 1.62 bits per heavy atom. The van der Waals surface area contributed by atoms with Gasteiger partial charge in [-0.1, -0.05) is 25.9 Å². The topological polar surface area (TPSA) is 47.9 Å². The Labute approximate surface area is 101 Å². The number of oxime groups is 1. The summed E-state index contributed by atoms with van der Waals surface area (Å²) in [6.45, 7) is 7.84. The van der Waals surface area contributed by atoms with Gasteiger partial charge in [0.2, 0.25) is 0 Å². The summed E-state index contributed by atoms with van der Waals surface area (Å²) in [6, 6.07) is 0. The van der Waals surface area contributed by atoms with Crippen LogP contribution in [-0.2, 0) is 14.4 Å². The molecule has 16 heavy (non-hydrogen) atoms. The third-order valence-corrected chi connectivity index (χ3v) is 3.30. The van der Waals surface area contributed by atoms with Crippen LogP contribution in [0.25, 0.3) is 0 Å². The quantitative estimate of drug-likeness (QED) is 0.566. The van der Waals surface area contributed by atoms with Crippen LogP contribution >= 0.6 is 11.6 Å². The van der Waals surface area contributed by atoms with Gasteiger partial charge in [-0.15, -0.1) is 11.6 Å². The third-order valence-electron chi connectivity index (χ3n) is 2.72. The molecule has 5 heteroatoms. The summed E-state index contributed by atoms with van der Waals surface area (Å²) in [4.78, 5) is 17.1. The average molecular weight is 248 g/mol. The van der Waals surface area contributed by atoms with Gasteiger partial charge in [0.25, 0.3) is 5.60 Å². The zero-order valence-electron chi connectivity index (χ0n) is 10.1. The SMILES string of the molecule is CCOC(=O)C1(CC)ON=C(C(C)C)C1Cl. The number of hydrogen-bond donors (Lipinski definition) is 0. The molecule has 92 valence electrons. The lowest BCUT2D eigenvalue weighted by Gasteiger charge is -2.26. The fourth-order valence-electron chi connectivity index (χ4n) is 1.65. The van der Waals surface area contributed by atoms with Gasteiger partial charge in [-0.2, -0.15) is 0 Å². The predicted molar refractivity (Wildman–Crippen MR) is 62.7 cm³/mol. The van der Waals surface area contributed by atoms with E-state index in [0.29, 0.717) is 18.7 Å². The Morgan fingerprint density at radius 2 is 2.25 bits per heavy atom. The van der Waals surface area contributed by atoms with Crippen LogP contribution in [0.4, 0.5) is 0 Å². The van der Waals surface area contributed by atoms with Gasteiger partial charge in [0, 0.05) is 0 Å². The molecule has 0 N–H and O–H groups in total. The number of hydrogen-bond acceptors (Lipinski definition) is 4. The van der Waals surface area contributed by atoms with Crippen LogP contribution in [-0.4, -0.2) is 29.3 Å². The number of esters is 1. The first-order valence-corrected chi connectivity index (χ1v) is 6.00. The van der Waals surface area contributed by atoms with Crippen LogP contribution in [0.15, 0.2) is 5.16 Å². The van der Waals surface area contributed by atoms with Crippen LogP contribution in [0.3, 0.4) is 0 Å². The summed E-state index contributed by atoms with van der Waals surface area (Å²) in [5, 5.41) is 3.38. The summed E-state index contributed by atoms with van der Waals surface area (Å²) in [5.41, 5.74) is -0.437. The van der Waals surface area contributed by atoms with E-state index >= 15 is 0 Å². The molecule has 0 saturated heterocycles. The molecule has 0 spiro atoms. The number of alkyl halides is 1. The minimum Gasteiger partial charge on any atom is -0.463 e. The molecule has 0 aromatic rings. The van der Waals surface area contributed by atoms with Crippen molar-refractivity contribution in [3.63, 3.8) is 0 Å². The summed E-state index contributed by atoms with van der Waals surface area (Å²) in [6.07, 6.45) is 0.444. The molecule has 1 aliphatic rings. The molecule has 2 unspecified atom stereocenters. The molecule has 0 fully saturated rings. The monoisotopic (exact) mass is 247 g/mol. The van der Waals surface area contributed by atoms with Crippen molar-refractivity contribution < 1.29 is 14.4 Å². The maximum atomic E-state index is 11.9. The van der Waals surface area contributed by atoms with Gasteiger partial charge in [0.15, 0.2) is 0 Å². The summed E-state index contributed by atoms with van der Waals surface area (Å²) < 4.78 is 5.00. The molecule has 0 aromatic carbocycles. The van der Waals surface area contributed by atoms with E-state index in [9.17, 15) is 4.79 Å². The van der Waals surface area contributed by atoms with Crippen molar-refractivity contribution in [1.82, 2.24) is 0 Å². The Hall–Kier alpha value is -0.770. The molecule has 1 heterocycles. The minimum atomic E-state index is -1.14. The molecule has 0 saturated carbocycles. The van der Waals surface area contributed by atoms with Gasteiger partial charge in [0.1, 0.15) is 5.38 Å². The largest absolute Gasteiger partial charge is 0.463 e.